The third-order valence-corrected chi connectivity index (χ3v) is 3.28. The molecule has 23 heavy (non-hydrogen) atoms. The highest BCUT2D eigenvalue weighted by Gasteiger charge is 2.12. The Labute approximate surface area is 136 Å². The van der Waals surface area contributed by atoms with Crippen molar-refractivity contribution in [3.63, 3.8) is 0 Å². The zero-order valence-electron chi connectivity index (χ0n) is 13.9. The van der Waals surface area contributed by atoms with E-state index >= 15 is 0 Å². The Morgan fingerprint density at radius 1 is 1.04 bits per heavy atom. The molecule has 0 radical (unpaired) electrons. The Morgan fingerprint density at radius 2 is 1.65 bits per heavy atom. The summed E-state index contributed by atoms with van der Waals surface area (Å²) in [6, 6.07) is 6.64. The third-order valence-electron chi connectivity index (χ3n) is 3.28. The largest absolute Gasteiger partial charge is 0.456 e. The van der Waals surface area contributed by atoms with E-state index in [0.29, 0.717) is 37.2 Å². The van der Waals surface area contributed by atoms with Gasteiger partial charge in [-0.3, -0.25) is 14.4 Å². The molecule has 1 aromatic rings. The monoisotopic (exact) mass is 320 g/mol. The third kappa shape index (κ3) is 6.10. The number of rotatable bonds is 8. The number of benzene rings is 1. The zero-order valence-corrected chi connectivity index (χ0v) is 13.9. The molecule has 1 rings (SSSR count). The molecule has 0 saturated heterocycles. The number of amides is 2. The molecule has 0 aliphatic rings. The molecule has 0 saturated carbocycles. The quantitative estimate of drug-likeness (QED) is 0.747. The van der Waals surface area contributed by atoms with Crippen LogP contribution in [0, 0.1) is 0 Å². The Bertz CT molecular complexity index is 536. The maximum atomic E-state index is 12.2. The van der Waals surface area contributed by atoms with Gasteiger partial charge in [-0.1, -0.05) is 6.92 Å². The van der Waals surface area contributed by atoms with Crippen molar-refractivity contribution in [1.29, 1.82) is 0 Å². The molecule has 0 aromatic heterocycles. The number of nitrogens with zero attached hydrogens (tertiary/aromatic N) is 1. The lowest BCUT2D eigenvalue weighted by Gasteiger charge is -2.18. The summed E-state index contributed by atoms with van der Waals surface area (Å²) in [4.78, 5) is 36.8. The number of esters is 1. The lowest BCUT2D eigenvalue weighted by atomic mass is 10.2. The number of anilines is 1. The Balaban J connectivity index is 2.55. The minimum Gasteiger partial charge on any atom is -0.456 e. The van der Waals surface area contributed by atoms with E-state index in [1.807, 2.05) is 20.8 Å². The first-order chi connectivity index (χ1) is 11.0. The molecule has 0 fully saturated rings. The molecule has 0 spiro atoms. The minimum absolute atomic E-state index is 0.0404. The summed E-state index contributed by atoms with van der Waals surface area (Å²) in [5.41, 5.74) is 1.12. The van der Waals surface area contributed by atoms with Crippen LogP contribution in [0.25, 0.3) is 0 Å². The number of carbonyl (C=O) groups excluding carboxylic acids is 3. The fourth-order valence-corrected chi connectivity index (χ4v) is 2.01. The van der Waals surface area contributed by atoms with Crippen LogP contribution in [-0.2, 0) is 14.3 Å². The summed E-state index contributed by atoms with van der Waals surface area (Å²) < 4.78 is 4.83. The lowest BCUT2D eigenvalue weighted by molar-refractivity contribution is -0.147. The Hall–Kier alpha value is -2.37. The van der Waals surface area contributed by atoms with E-state index in [4.69, 9.17) is 4.74 Å². The predicted molar refractivity (Wildman–Crippen MR) is 88.2 cm³/mol. The standard InChI is InChI=1S/C17H24N2O4/c1-4-7-16(21)23-12-15(20)18-14-10-8-13(9-11-14)17(22)19(5-2)6-3/h8-11H,4-7,12H2,1-3H3,(H,18,20). The molecular weight excluding hydrogens is 296 g/mol. The van der Waals surface area contributed by atoms with Gasteiger partial charge in [-0.15, -0.1) is 0 Å². The van der Waals surface area contributed by atoms with Crippen LogP contribution in [0.15, 0.2) is 24.3 Å². The van der Waals surface area contributed by atoms with Crippen molar-refractivity contribution in [2.45, 2.75) is 33.6 Å². The van der Waals surface area contributed by atoms with Crippen LogP contribution in [0.2, 0.25) is 0 Å². The summed E-state index contributed by atoms with van der Waals surface area (Å²) in [5.74, 6) is -0.832. The van der Waals surface area contributed by atoms with Crippen LogP contribution in [0.3, 0.4) is 0 Å². The van der Waals surface area contributed by atoms with E-state index in [1.165, 1.54) is 0 Å². The molecule has 6 heteroatoms. The first-order valence-electron chi connectivity index (χ1n) is 7.86. The molecule has 6 nitrogen and oxygen atoms in total. The van der Waals surface area contributed by atoms with Crippen LogP contribution in [-0.4, -0.2) is 42.4 Å². The highest BCUT2D eigenvalue weighted by molar-refractivity contribution is 5.96. The van der Waals surface area contributed by atoms with Gasteiger partial charge in [-0.25, -0.2) is 0 Å². The summed E-state index contributed by atoms with van der Waals surface area (Å²) in [6.07, 6.45) is 0.984. The van der Waals surface area contributed by atoms with Gasteiger partial charge < -0.3 is 15.0 Å². The number of carbonyl (C=O) groups is 3. The van der Waals surface area contributed by atoms with Gasteiger partial charge >= 0.3 is 5.97 Å². The second-order valence-corrected chi connectivity index (χ2v) is 5.01. The van der Waals surface area contributed by atoms with Gasteiger partial charge in [-0.2, -0.15) is 0 Å². The van der Waals surface area contributed by atoms with Gasteiger partial charge in [-0.05, 0) is 44.5 Å². The van der Waals surface area contributed by atoms with Crippen LogP contribution in [0.5, 0.6) is 0 Å². The first kappa shape index (κ1) is 18.7. The maximum absolute atomic E-state index is 12.2. The van der Waals surface area contributed by atoms with Crippen molar-refractivity contribution >= 4 is 23.5 Å². The zero-order chi connectivity index (χ0) is 17.2. The summed E-state index contributed by atoms with van der Waals surface area (Å²) in [5, 5.41) is 2.62. The van der Waals surface area contributed by atoms with Crippen molar-refractivity contribution in [2.75, 3.05) is 25.0 Å². The lowest BCUT2D eigenvalue weighted by Crippen LogP contribution is -2.30. The molecule has 0 aliphatic carbocycles. The van der Waals surface area contributed by atoms with E-state index in [9.17, 15) is 14.4 Å². The second kappa shape index (κ2) is 9.61. The van der Waals surface area contributed by atoms with Crippen molar-refractivity contribution < 1.29 is 19.1 Å². The predicted octanol–water partition coefficient (Wildman–Crippen LogP) is 2.45. The fraction of sp³-hybridized carbons (Fsp3) is 0.471. The van der Waals surface area contributed by atoms with Gasteiger partial charge in [0.15, 0.2) is 6.61 Å². The molecule has 0 unspecified atom stereocenters. The van der Waals surface area contributed by atoms with Gasteiger partial charge in [0.1, 0.15) is 0 Å². The minimum atomic E-state index is -0.405. The van der Waals surface area contributed by atoms with E-state index < -0.39 is 5.91 Å². The molecule has 0 heterocycles. The molecule has 1 N–H and O–H groups in total. The smallest absolute Gasteiger partial charge is 0.306 e. The fourth-order valence-electron chi connectivity index (χ4n) is 2.01. The van der Waals surface area contributed by atoms with E-state index in [-0.39, 0.29) is 18.5 Å². The van der Waals surface area contributed by atoms with Crippen molar-refractivity contribution in [2.24, 2.45) is 0 Å². The first-order valence-corrected chi connectivity index (χ1v) is 7.86. The van der Waals surface area contributed by atoms with Gasteiger partial charge in [0.2, 0.25) is 0 Å². The molecule has 0 atom stereocenters. The maximum Gasteiger partial charge on any atom is 0.306 e. The van der Waals surface area contributed by atoms with E-state index in [0.717, 1.165) is 0 Å². The van der Waals surface area contributed by atoms with Crippen molar-refractivity contribution in [3.05, 3.63) is 29.8 Å². The topological polar surface area (TPSA) is 75.7 Å². The van der Waals surface area contributed by atoms with Gasteiger partial charge in [0.05, 0.1) is 0 Å². The Kier molecular flexibility index (Phi) is 7.80. The number of nitrogens with one attached hydrogen (secondary N) is 1. The molecule has 2 amide bonds. The summed E-state index contributed by atoms with van der Waals surface area (Å²) >= 11 is 0. The average Bonchev–Trinajstić information content (AvgIpc) is 2.55. The molecule has 0 bridgehead atoms. The van der Waals surface area contributed by atoms with Crippen molar-refractivity contribution in [3.8, 4) is 0 Å². The Morgan fingerprint density at radius 3 is 2.17 bits per heavy atom. The number of hydrogen-bond acceptors (Lipinski definition) is 4. The van der Waals surface area contributed by atoms with Crippen LogP contribution in [0.4, 0.5) is 5.69 Å². The molecule has 126 valence electrons. The van der Waals surface area contributed by atoms with Crippen LogP contribution >= 0.6 is 0 Å². The molecule has 0 aliphatic heterocycles. The summed E-state index contributed by atoms with van der Waals surface area (Å²) in [6.45, 7) is 6.71. The highest BCUT2D eigenvalue weighted by atomic mass is 16.5. The van der Waals surface area contributed by atoms with Crippen LogP contribution < -0.4 is 5.32 Å². The second-order valence-electron chi connectivity index (χ2n) is 5.01. The summed E-state index contributed by atoms with van der Waals surface area (Å²) in [7, 11) is 0. The molecular formula is C17H24N2O4. The van der Waals surface area contributed by atoms with Crippen molar-refractivity contribution in [1.82, 2.24) is 4.90 Å². The normalized spacial score (nSPS) is 10.0. The SMILES string of the molecule is CCCC(=O)OCC(=O)Nc1ccc(C(=O)N(CC)CC)cc1. The van der Waals surface area contributed by atoms with Crippen LogP contribution in [0.1, 0.15) is 44.0 Å². The molecule has 1 aromatic carbocycles. The number of ether oxygens (including phenoxy) is 1. The average molecular weight is 320 g/mol. The number of hydrogen-bond donors (Lipinski definition) is 1. The van der Waals surface area contributed by atoms with Gasteiger partial charge in [0.25, 0.3) is 11.8 Å². The van der Waals surface area contributed by atoms with Gasteiger partial charge in [0, 0.05) is 30.8 Å². The highest BCUT2D eigenvalue weighted by Crippen LogP contribution is 2.11. The van der Waals surface area contributed by atoms with E-state index in [2.05, 4.69) is 5.32 Å². The van der Waals surface area contributed by atoms with E-state index in [1.54, 1.807) is 29.2 Å².